The van der Waals surface area contributed by atoms with E-state index in [2.05, 4.69) is 15.3 Å². The van der Waals surface area contributed by atoms with Crippen molar-refractivity contribution in [1.29, 1.82) is 0 Å². The molecule has 0 saturated heterocycles. The van der Waals surface area contributed by atoms with Gasteiger partial charge in [-0.05, 0) is 24.6 Å². The summed E-state index contributed by atoms with van der Waals surface area (Å²) in [6.45, 7) is 1.69. The number of rotatable bonds is 3. The molecule has 3 N–H and O–H groups in total. The minimum absolute atomic E-state index is 0.101. The van der Waals surface area contributed by atoms with Crippen LogP contribution in [0.2, 0.25) is 0 Å². The normalized spacial score (nSPS) is 11.2. The summed E-state index contributed by atoms with van der Waals surface area (Å²) in [4.78, 5) is 8.07. The van der Waals surface area contributed by atoms with Gasteiger partial charge < -0.3 is 11.1 Å². The second-order valence-electron chi connectivity index (χ2n) is 4.30. The fourth-order valence-corrected chi connectivity index (χ4v) is 1.70. The Morgan fingerprint density at radius 2 is 1.95 bits per heavy atom. The van der Waals surface area contributed by atoms with Crippen molar-refractivity contribution in [2.24, 2.45) is 5.73 Å². The van der Waals surface area contributed by atoms with Gasteiger partial charge in [0.1, 0.15) is 16.5 Å². The lowest BCUT2D eigenvalue weighted by Crippen LogP contribution is -2.12. The molecule has 0 aliphatic heterocycles. The van der Waals surface area contributed by atoms with Crippen molar-refractivity contribution in [3.63, 3.8) is 0 Å². The lowest BCUT2D eigenvalue weighted by atomic mass is 10.1. The second-order valence-corrected chi connectivity index (χ2v) is 4.74. The Morgan fingerprint density at radius 3 is 2.48 bits per heavy atom. The number of thiocarbonyl (C=S) groups is 1. The van der Waals surface area contributed by atoms with Gasteiger partial charge in [-0.15, -0.1) is 0 Å². The molecule has 0 fully saturated rings. The zero-order valence-electron chi connectivity index (χ0n) is 10.9. The van der Waals surface area contributed by atoms with Crippen LogP contribution in [0.25, 0.3) is 0 Å². The van der Waals surface area contributed by atoms with Gasteiger partial charge in [-0.3, -0.25) is 0 Å². The van der Waals surface area contributed by atoms with Gasteiger partial charge in [0, 0.05) is 5.69 Å². The van der Waals surface area contributed by atoms with Gasteiger partial charge in [-0.2, -0.15) is 13.2 Å². The molecule has 0 atom stereocenters. The van der Waals surface area contributed by atoms with Gasteiger partial charge in [0.2, 0.25) is 0 Å². The lowest BCUT2D eigenvalue weighted by molar-refractivity contribution is -0.137. The molecule has 1 heterocycles. The molecule has 110 valence electrons. The molecule has 1 aromatic heterocycles. The maximum atomic E-state index is 12.7. The van der Waals surface area contributed by atoms with Gasteiger partial charge in [-0.25, -0.2) is 9.97 Å². The van der Waals surface area contributed by atoms with Crippen molar-refractivity contribution in [3.05, 3.63) is 47.4 Å². The van der Waals surface area contributed by atoms with Gasteiger partial charge >= 0.3 is 6.18 Å². The summed E-state index contributed by atoms with van der Waals surface area (Å²) >= 11 is 4.74. The molecule has 0 bridgehead atoms. The Kier molecular flexibility index (Phi) is 4.08. The first-order valence-electron chi connectivity index (χ1n) is 5.84. The largest absolute Gasteiger partial charge is 0.416 e. The maximum absolute atomic E-state index is 12.7. The van der Waals surface area contributed by atoms with Crippen LogP contribution in [0.5, 0.6) is 0 Å². The van der Waals surface area contributed by atoms with E-state index in [1.165, 1.54) is 18.5 Å². The highest BCUT2D eigenvalue weighted by Crippen LogP contribution is 2.32. The molecule has 8 heteroatoms. The highest BCUT2D eigenvalue weighted by molar-refractivity contribution is 7.80. The predicted octanol–water partition coefficient (Wildman–Crippen LogP) is 3.18. The van der Waals surface area contributed by atoms with Crippen molar-refractivity contribution in [2.75, 3.05) is 5.32 Å². The van der Waals surface area contributed by atoms with Crippen LogP contribution < -0.4 is 11.1 Å². The van der Waals surface area contributed by atoms with E-state index < -0.39 is 11.7 Å². The van der Waals surface area contributed by atoms with Gasteiger partial charge in [0.05, 0.1) is 18.0 Å². The Morgan fingerprint density at radius 1 is 1.24 bits per heavy atom. The van der Waals surface area contributed by atoms with Crippen LogP contribution in [0.1, 0.15) is 16.8 Å². The fourth-order valence-electron chi connectivity index (χ4n) is 1.59. The molecule has 2 rings (SSSR count). The van der Waals surface area contributed by atoms with Gasteiger partial charge in [0.15, 0.2) is 0 Å². The quantitative estimate of drug-likeness (QED) is 0.852. The van der Waals surface area contributed by atoms with E-state index in [9.17, 15) is 13.2 Å². The average molecular weight is 312 g/mol. The summed E-state index contributed by atoms with van der Waals surface area (Å²) in [5.74, 6) is 0.303. The number of hydrogen-bond donors (Lipinski definition) is 2. The topological polar surface area (TPSA) is 63.8 Å². The fraction of sp³-hybridized carbons (Fsp3) is 0.154. The van der Waals surface area contributed by atoms with E-state index in [4.69, 9.17) is 18.0 Å². The Hall–Kier alpha value is -2.22. The third-order valence-electron chi connectivity index (χ3n) is 2.73. The van der Waals surface area contributed by atoms with E-state index in [0.29, 0.717) is 22.8 Å². The summed E-state index contributed by atoms with van der Waals surface area (Å²) in [5.41, 5.74) is 5.97. The first-order chi connectivity index (χ1) is 9.77. The summed E-state index contributed by atoms with van der Waals surface area (Å²) in [6.07, 6.45) is -1.69. The molecule has 0 spiro atoms. The highest BCUT2D eigenvalue weighted by Gasteiger charge is 2.30. The van der Waals surface area contributed by atoms with Crippen molar-refractivity contribution in [3.8, 4) is 0 Å². The Balaban J connectivity index is 2.28. The van der Waals surface area contributed by atoms with Crippen molar-refractivity contribution < 1.29 is 13.2 Å². The Labute approximate surface area is 124 Å². The molecular formula is C13H11F3N4S. The number of alkyl halides is 3. The van der Waals surface area contributed by atoms with Crippen molar-refractivity contribution >= 4 is 28.7 Å². The van der Waals surface area contributed by atoms with Crippen molar-refractivity contribution in [2.45, 2.75) is 13.1 Å². The standard InChI is InChI=1S/C13H11F3N4S/c1-7-2-3-8(13(14,15)16)4-9(7)20-11-6-18-10(5-19-11)12(17)21/h2-6H,1H3,(H2,17,21)(H,19,20). The molecule has 2 aromatic rings. The number of nitrogens with zero attached hydrogens (tertiary/aromatic N) is 2. The van der Waals surface area contributed by atoms with E-state index in [1.807, 2.05) is 0 Å². The lowest BCUT2D eigenvalue weighted by Gasteiger charge is -2.12. The summed E-state index contributed by atoms with van der Waals surface area (Å²) in [6, 6.07) is 3.45. The highest BCUT2D eigenvalue weighted by atomic mass is 32.1. The van der Waals surface area contributed by atoms with Crippen LogP contribution in [-0.2, 0) is 6.18 Å². The summed E-state index contributed by atoms with van der Waals surface area (Å²) < 4.78 is 38.1. The number of aromatic nitrogens is 2. The van der Waals surface area contributed by atoms with E-state index in [1.54, 1.807) is 6.92 Å². The number of aryl methyl sites for hydroxylation is 1. The third-order valence-corrected chi connectivity index (χ3v) is 2.94. The Bertz CT molecular complexity index is 668. The molecule has 0 radical (unpaired) electrons. The zero-order valence-corrected chi connectivity index (χ0v) is 11.7. The summed E-state index contributed by atoms with van der Waals surface area (Å²) in [5, 5.41) is 2.79. The minimum atomic E-state index is -4.40. The number of anilines is 2. The van der Waals surface area contributed by atoms with Crippen LogP contribution in [-0.4, -0.2) is 15.0 Å². The molecule has 4 nitrogen and oxygen atoms in total. The molecule has 21 heavy (non-hydrogen) atoms. The number of nitrogens with two attached hydrogens (primary N) is 1. The van der Waals surface area contributed by atoms with E-state index >= 15 is 0 Å². The predicted molar refractivity (Wildman–Crippen MR) is 77.4 cm³/mol. The maximum Gasteiger partial charge on any atom is 0.416 e. The summed E-state index contributed by atoms with van der Waals surface area (Å²) in [7, 11) is 0. The average Bonchev–Trinajstić information content (AvgIpc) is 2.40. The molecule has 1 aromatic carbocycles. The van der Waals surface area contributed by atoms with Crippen LogP contribution in [0.15, 0.2) is 30.6 Å². The molecular weight excluding hydrogens is 301 g/mol. The third kappa shape index (κ3) is 3.66. The van der Waals surface area contributed by atoms with Crippen LogP contribution in [0, 0.1) is 6.92 Å². The first-order valence-corrected chi connectivity index (χ1v) is 6.25. The van der Waals surface area contributed by atoms with Crippen LogP contribution in [0.3, 0.4) is 0 Å². The minimum Gasteiger partial charge on any atom is -0.388 e. The monoisotopic (exact) mass is 312 g/mol. The second kappa shape index (κ2) is 5.65. The van der Waals surface area contributed by atoms with Crippen molar-refractivity contribution in [1.82, 2.24) is 9.97 Å². The number of hydrogen-bond acceptors (Lipinski definition) is 4. The number of halogens is 3. The zero-order chi connectivity index (χ0) is 15.6. The number of nitrogens with one attached hydrogen (secondary N) is 1. The van der Waals surface area contributed by atoms with E-state index in [-0.39, 0.29) is 4.99 Å². The van der Waals surface area contributed by atoms with Gasteiger partial charge in [0.25, 0.3) is 0 Å². The molecule has 0 amide bonds. The van der Waals surface area contributed by atoms with Crippen LogP contribution >= 0.6 is 12.2 Å². The van der Waals surface area contributed by atoms with Crippen LogP contribution in [0.4, 0.5) is 24.7 Å². The molecule has 0 saturated carbocycles. The van der Waals surface area contributed by atoms with E-state index in [0.717, 1.165) is 12.1 Å². The first kappa shape index (κ1) is 15.2. The molecule has 0 aliphatic carbocycles. The molecule has 0 aliphatic rings. The smallest absolute Gasteiger partial charge is 0.388 e. The molecule has 0 unspecified atom stereocenters. The SMILES string of the molecule is Cc1ccc(C(F)(F)F)cc1Nc1cnc(C(N)=S)cn1. The number of benzene rings is 1. The van der Waals surface area contributed by atoms with Gasteiger partial charge in [-0.1, -0.05) is 18.3 Å².